The van der Waals surface area contributed by atoms with Gasteiger partial charge in [-0.25, -0.2) is 15.0 Å². The molecule has 0 unspecified atom stereocenters. The van der Waals surface area contributed by atoms with E-state index in [4.69, 9.17) is 15.5 Å². The number of nitrogens with zero attached hydrogens (tertiary/aromatic N) is 4. The zero-order valence-corrected chi connectivity index (χ0v) is 18.2. The largest absolute Gasteiger partial charge is 0.416 e. The molecule has 4 aromatic rings. The van der Waals surface area contributed by atoms with Crippen molar-refractivity contribution in [1.82, 2.24) is 19.4 Å². The third-order valence-corrected chi connectivity index (χ3v) is 5.58. The van der Waals surface area contributed by atoms with Crippen LogP contribution >= 0.6 is 0 Å². The van der Waals surface area contributed by atoms with Crippen LogP contribution in [0.5, 0.6) is 0 Å². The van der Waals surface area contributed by atoms with Gasteiger partial charge in [-0.05, 0) is 42.3 Å². The molecule has 4 heterocycles. The summed E-state index contributed by atoms with van der Waals surface area (Å²) >= 11 is 0. The maximum absolute atomic E-state index is 12.9. The van der Waals surface area contributed by atoms with Crippen LogP contribution in [0.2, 0.25) is 0 Å². The molecule has 0 saturated heterocycles. The van der Waals surface area contributed by atoms with E-state index in [1.54, 1.807) is 34.9 Å². The lowest BCUT2D eigenvalue weighted by Crippen LogP contribution is -2.14. The number of rotatable bonds is 4. The van der Waals surface area contributed by atoms with Gasteiger partial charge in [0.25, 0.3) is 5.91 Å². The smallest absolute Gasteiger partial charge is 0.377 e. The molecule has 1 aromatic carbocycles. The Morgan fingerprint density at radius 1 is 1.09 bits per heavy atom. The van der Waals surface area contributed by atoms with E-state index in [0.717, 1.165) is 41.5 Å². The highest BCUT2D eigenvalue weighted by Gasteiger charge is 2.31. The highest BCUT2D eigenvalue weighted by Crippen LogP contribution is 2.32. The van der Waals surface area contributed by atoms with Gasteiger partial charge in [0.15, 0.2) is 0 Å². The number of pyridine rings is 1. The van der Waals surface area contributed by atoms with Crippen LogP contribution in [0.3, 0.4) is 0 Å². The van der Waals surface area contributed by atoms with Crippen LogP contribution in [0, 0.1) is 0 Å². The zero-order chi connectivity index (χ0) is 24.6. The summed E-state index contributed by atoms with van der Waals surface area (Å²) in [5.74, 6) is 0.0350. The average Bonchev–Trinajstić information content (AvgIpc) is 3.25. The molecule has 0 fully saturated rings. The van der Waals surface area contributed by atoms with Crippen molar-refractivity contribution in [2.45, 2.75) is 12.6 Å². The molecule has 5 rings (SSSR count). The van der Waals surface area contributed by atoms with E-state index < -0.39 is 17.6 Å². The van der Waals surface area contributed by atoms with E-state index in [1.807, 2.05) is 12.1 Å². The molecular formula is C24H19F3N6O2. The molecule has 0 radical (unpaired) electrons. The Morgan fingerprint density at radius 2 is 1.86 bits per heavy atom. The van der Waals surface area contributed by atoms with E-state index in [2.05, 4.69) is 15.3 Å². The van der Waals surface area contributed by atoms with Crippen molar-refractivity contribution >= 4 is 28.8 Å². The fourth-order valence-electron chi connectivity index (χ4n) is 3.87. The van der Waals surface area contributed by atoms with Gasteiger partial charge in [-0.15, -0.1) is 0 Å². The van der Waals surface area contributed by atoms with Crippen LogP contribution in [0.25, 0.3) is 22.5 Å². The second kappa shape index (κ2) is 8.84. The number of carbonyl (C=O) groups is 1. The fraction of sp³-hybridized carbons (Fsp3) is 0.167. The van der Waals surface area contributed by atoms with Crippen LogP contribution in [-0.2, 0) is 10.9 Å². The van der Waals surface area contributed by atoms with Crippen LogP contribution < -0.4 is 11.1 Å². The number of nitrogens with one attached hydrogen (secondary N) is 1. The van der Waals surface area contributed by atoms with Gasteiger partial charge in [-0.2, -0.15) is 13.2 Å². The first-order valence-electron chi connectivity index (χ1n) is 10.7. The summed E-state index contributed by atoms with van der Waals surface area (Å²) in [6.45, 7) is 1.11. The van der Waals surface area contributed by atoms with Crippen LogP contribution in [0.4, 0.5) is 24.9 Å². The molecule has 0 saturated carbocycles. The molecule has 8 nitrogen and oxygen atoms in total. The minimum absolute atomic E-state index is 0.193. The standard InChI is InChI=1S/C24H19F3N6O2/c25-24(26,27)17-5-9-29-19(13-17)31-22(34)16-3-1-15(2-4-16)21-32-20(14-7-11-35-12-8-14)18-6-10-30-23(28)33(18)21/h1-7,9-10,13H,8,11-12H2,(H2,28,30)(H,29,31,34). The van der Waals surface area contributed by atoms with Crippen LogP contribution in [0.15, 0.2) is 60.9 Å². The highest BCUT2D eigenvalue weighted by atomic mass is 19.4. The number of aromatic nitrogens is 4. The Kier molecular flexibility index (Phi) is 5.69. The quantitative estimate of drug-likeness (QED) is 0.447. The summed E-state index contributed by atoms with van der Waals surface area (Å²) in [4.78, 5) is 25.4. The second-order valence-electron chi connectivity index (χ2n) is 7.82. The topological polar surface area (TPSA) is 107 Å². The predicted molar refractivity (Wildman–Crippen MR) is 123 cm³/mol. The SMILES string of the molecule is Nc1nccc2c(C3=CCOCC3)nc(-c3ccc(C(=O)Nc4cc(C(F)(F)F)ccn4)cc3)n12. The molecule has 3 aromatic heterocycles. The molecule has 3 N–H and O–H groups in total. The summed E-state index contributed by atoms with van der Waals surface area (Å²) in [6.07, 6.45) is 0.787. The van der Waals surface area contributed by atoms with Gasteiger partial charge < -0.3 is 15.8 Å². The number of hydrogen-bond donors (Lipinski definition) is 2. The number of alkyl halides is 3. The summed E-state index contributed by atoms with van der Waals surface area (Å²) in [6, 6.07) is 9.95. The molecule has 35 heavy (non-hydrogen) atoms. The van der Waals surface area contributed by atoms with Gasteiger partial charge in [0.2, 0.25) is 5.95 Å². The van der Waals surface area contributed by atoms with Crippen molar-refractivity contribution in [3.05, 3.63) is 77.8 Å². The first-order valence-corrected chi connectivity index (χ1v) is 10.7. The van der Waals surface area contributed by atoms with Crippen molar-refractivity contribution in [2.75, 3.05) is 24.3 Å². The number of nitrogen functional groups attached to an aromatic ring is 1. The van der Waals surface area contributed by atoms with E-state index in [9.17, 15) is 18.0 Å². The third-order valence-electron chi connectivity index (χ3n) is 5.58. The Bertz CT molecular complexity index is 1440. The van der Waals surface area contributed by atoms with Gasteiger partial charge in [0.1, 0.15) is 11.6 Å². The monoisotopic (exact) mass is 480 g/mol. The van der Waals surface area contributed by atoms with E-state index in [-0.39, 0.29) is 17.3 Å². The number of amides is 1. The van der Waals surface area contributed by atoms with Crippen LogP contribution in [-0.4, -0.2) is 38.5 Å². The molecule has 0 spiro atoms. The Balaban J connectivity index is 1.45. The number of hydrogen-bond acceptors (Lipinski definition) is 6. The number of anilines is 2. The minimum atomic E-state index is -4.53. The lowest BCUT2D eigenvalue weighted by molar-refractivity contribution is -0.137. The maximum atomic E-state index is 12.9. The van der Waals surface area contributed by atoms with Crippen molar-refractivity contribution in [1.29, 1.82) is 0 Å². The summed E-state index contributed by atoms with van der Waals surface area (Å²) < 4.78 is 45.9. The summed E-state index contributed by atoms with van der Waals surface area (Å²) in [7, 11) is 0. The van der Waals surface area contributed by atoms with Gasteiger partial charge in [0.05, 0.1) is 30.0 Å². The number of ether oxygens (including phenoxy) is 1. The number of fused-ring (bicyclic) bond motifs is 1. The fourth-order valence-corrected chi connectivity index (χ4v) is 3.87. The zero-order valence-electron chi connectivity index (χ0n) is 18.2. The molecule has 1 amide bonds. The van der Waals surface area contributed by atoms with Gasteiger partial charge >= 0.3 is 6.18 Å². The van der Waals surface area contributed by atoms with E-state index in [1.165, 1.54) is 0 Å². The van der Waals surface area contributed by atoms with Crippen molar-refractivity contribution < 1.29 is 22.7 Å². The highest BCUT2D eigenvalue weighted by molar-refractivity contribution is 6.04. The molecule has 178 valence electrons. The molecular weight excluding hydrogens is 461 g/mol. The molecule has 0 aliphatic carbocycles. The molecule has 11 heteroatoms. The molecule has 1 aliphatic heterocycles. The third kappa shape index (κ3) is 4.45. The van der Waals surface area contributed by atoms with Crippen LogP contribution in [0.1, 0.15) is 28.0 Å². The maximum Gasteiger partial charge on any atom is 0.416 e. The number of halogens is 3. The van der Waals surface area contributed by atoms with Gasteiger partial charge in [-0.1, -0.05) is 18.2 Å². The molecule has 0 atom stereocenters. The normalized spacial score (nSPS) is 14.1. The first kappa shape index (κ1) is 22.5. The van der Waals surface area contributed by atoms with E-state index >= 15 is 0 Å². The lowest BCUT2D eigenvalue weighted by atomic mass is 10.1. The Labute approximate surface area is 197 Å². The van der Waals surface area contributed by atoms with E-state index in [0.29, 0.717) is 24.6 Å². The van der Waals surface area contributed by atoms with Crippen molar-refractivity contribution in [3.63, 3.8) is 0 Å². The van der Waals surface area contributed by atoms with Gasteiger partial charge in [0, 0.05) is 23.5 Å². The average molecular weight is 480 g/mol. The Hall–Kier alpha value is -4.25. The Morgan fingerprint density at radius 3 is 2.57 bits per heavy atom. The molecule has 1 aliphatic rings. The molecule has 0 bridgehead atoms. The first-order chi connectivity index (χ1) is 16.8. The van der Waals surface area contributed by atoms with Gasteiger partial charge in [-0.3, -0.25) is 9.20 Å². The van der Waals surface area contributed by atoms with Crippen molar-refractivity contribution in [3.8, 4) is 11.4 Å². The minimum Gasteiger partial charge on any atom is -0.377 e. The summed E-state index contributed by atoms with van der Waals surface area (Å²) in [5, 5.41) is 2.40. The predicted octanol–water partition coefficient (Wildman–Crippen LogP) is 4.45. The number of benzene rings is 1. The lowest BCUT2D eigenvalue weighted by Gasteiger charge is -2.11. The second-order valence-corrected chi connectivity index (χ2v) is 7.82. The van der Waals surface area contributed by atoms with Crippen molar-refractivity contribution in [2.24, 2.45) is 0 Å². The number of imidazole rings is 1. The number of nitrogens with two attached hydrogens (primary N) is 1. The number of carbonyl (C=O) groups excluding carboxylic acids is 1. The summed E-state index contributed by atoms with van der Waals surface area (Å²) in [5.41, 5.74) is 8.84.